The van der Waals surface area contributed by atoms with Gasteiger partial charge in [0.05, 0.1) is 18.0 Å². The van der Waals surface area contributed by atoms with Gasteiger partial charge in [-0.15, -0.1) is 17.5 Å². The number of fused-ring (bicyclic) bond motifs is 2. The Morgan fingerprint density at radius 3 is 2.31 bits per heavy atom. The quantitative estimate of drug-likeness (QED) is 0.405. The van der Waals surface area contributed by atoms with E-state index in [1.165, 1.54) is 19.3 Å². The van der Waals surface area contributed by atoms with Gasteiger partial charge in [0.1, 0.15) is 0 Å². The fourth-order valence-electron chi connectivity index (χ4n) is 4.68. The summed E-state index contributed by atoms with van der Waals surface area (Å²) in [4.78, 5) is 4.22. The molecule has 0 spiro atoms. The number of para-hydroxylation sites is 1. The molecule has 5 heteroatoms. The first-order valence-corrected chi connectivity index (χ1v) is 10.4. The first kappa shape index (κ1) is 22.2. The number of pyridine rings is 1. The second-order valence-electron chi connectivity index (χ2n) is 7.95. The summed E-state index contributed by atoms with van der Waals surface area (Å²) in [5.74, 6) is 1.48. The van der Waals surface area contributed by atoms with Crippen molar-refractivity contribution in [3.8, 4) is 11.5 Å². The van der Waals surface area contributed by atoms with Crippen molar-refractivity contribution in [2.45, 2.75) is 57.2 Å². The molecule has 2 aromatic heterocycles. The second-order valence-corrected chi connectivity index (χ2v) is 7.95. The number of aromatic nitrogens is 1. The van der Waals surface area contributed by atoms with E-state index in [4.69, 9.17) is 4.42 Å². The fraction of sp³-hybridized carbons (Fsp3) is 0.458. The predicted molar refractivity (Wildman–Crippen MR) is 110 cm³/mol. The maximum Gasteiger partial charge on any atom is 0.0595 e. The molecule has 2 heterocycles. The molecule has 0 bridgehead atoms. The SMILES string of the molecule is OC1CCCCC2CCCC(O)C12.[Ir].[c-]1c(-c2ccccn2)oc2ccccc12. The van der Waals surface area contributed by atoms with E-state index in [1.54, 1.807) is 6.20 Å². The molecule has 2 aliphatic carbocycles. The summed E-state index contributed by atoms with van der Waals surface area (Å²) in [5, 5.41) is 20.7. The average molecular weight is 571 g/mol. The maximum atomic E-state index is 9.89. The molecular formula is C24H28IrNO3-. The van der Waals surface area contributed by atoms with Crippen LogP contribution < -0.4 is 0 Å². The molecule has 2 fully saturated rings. The Morgan fingerprint density at radius 2 is 1.55 bits per heavy atom. The van der Waals surface area contributed by atoms with Crippen LogP contribution in [-0.2, 0) is 20.1 Å². The Balaban J connectivity index is 0.000000162. The summed E-state index contributed by atoms with van der Waals surface area (Å²) in [6.07, 6.45) is 9.06. The van der Waals surface area contributed by atoms with Crippen LogP contribution >= 0.6 is 0 Å². The van der Waals surface area contributed by atoms with Gasteiger partial charge in [-0.2, -0.15) is 0 Å². The molecule has 4 nitrogen and oxygen atoms in total. The van der Waals surface area contributed by atoms with Crippen molar-refractivity contribution in [1.29, 1.82) is 0 Å². The van der Waals surface area contributed by atoms with Crippen molar-refractivity contribution in [2.75, 3.05) is 0 Å². The van der Waals surface area contributed by atoms with Gasteiger partial charge in [0.25, 0.3) is 0 Å². The second kappa shape index (κ2) is 10.5. The first-order valence-electron chi connectivity index (χ1n) is 10.4. The van der Waals surface area contributed by atoms with E-state index in [9.17, 15) is 10.2 Å². The topological polar surface area (TPSA) is 66.5 Å². The van der Waals surface area contributed by atoms with Crippen LogP contribution in [0.1, 0.15) is 44.9 Å². The molecule has 0 aliphatic heterocycles. The monoisotopic (exact) mass is 571 g/mol. The number of rotatable bonds is 1. The molecule has 2 saturated carbocycles. The zero-order valence-corrected chi connectivity index (χ0v) is 18.9. The van der Waals surface area contributed by atoms with Crippen molar-refractivity contribution in [3.05, 3.63) is 54.7 Å². The van der Waals surface area contributed by atoms with Crippen molar-refractivity contribution in [1.82, 2.24) is 4.98 Å². The van der Waals surface area contributed by atoms with Gasteiger partial charge < -0.3 is 19.6 Å². The van der Waals surface area contributed by atoms with Crippen LogP contribution in [-0.4, -0.2) is 27.4 Å². The van der Waals surface area contributed by atoms with Gasteiger partial charge in [0.2, 0.25) is 0 Å². The molecule has 2 N–H and O–H groups in total. The third-order valence-electron chi connectivity index (χ3n) is 6.08. The first-order chi connectivity index (χ1) is 13.7. The van der Waals surface area contributed by atoms with Crippen LogP contribution in [0.15, 0.2) is 53.1 Å². The summed E-state index contributed by atoms with van der Waals surface area (Å²) in [5.41, 5.74) is 1.66. The van der Waals surface area contributed by atoms with Crippen molar-refractivity contribution in [3.63, 3.8) is 0 Å². The summed E-state index contributed by atoms with van der Waals surface area (Å²) < 4.78 is 5.64. The van der Waals surface area contributed by atoms with E-state index < -0.39 is 0 Å². The molecule has 2 aliphatic rings. The number of benzene rings is 1. The van der Waals surface area contributed by atoms with E-state index >= 15 is 0 Å². The van der Waals surface area contributed by atoms with Crippen molar-refractivity contribution >= 4 is 11.0 Å². The molecule has 5 rings (SSSR count). The maximum absolute atomic E-state index is 9.89. The van der Waals surface area contributed by atoms with Crippen molar-refractivity contribution in [2.24, 2.45) is 11.8 Å². The zero-order chi connectivity index (χ0) is 19.3. The Labute approximate surface area is 185 Å². The summed E-state index contributed by atoms with van der Waals surface area (Å²) in [6, 6.07) is 16.7. The minimum absolute atomic E-state index is 0. The normalized spacial score (nSPS) is 26.4. The summed E-state index contributed by atoms with van der Waals surface area (Å²) in [7, 11) is 0. The van der Waals surface area contributed by atoms with Crippen LogP contribution in [0.25, 0.3) is 22.4 Å². The van der Waals surface area contributed by atoms with Crippen LogP contribution in [0.4, 0.5) is 0 Å². The molecule has 4 atom stereocenters. The van der Waals surface area contributed by atoms with Crippen LogP contribution in [0, 0.1) is 17.9 Å². The Bertz CT molecular complexity index is 849. The molecule has 1 aromatic carbocycles. The summed E-state index contributed by atoms with van der Waals surface area (Å²) in [6.45, 7) is 0. The Morgan fingerprint density at radius 1 is 0.862 bits per heavy atom. The van der Waals surface area contributed by atoms with Gasteiger partial charge in [-0.3, -0.25) is 0 Å². The fourth-order valence-corrected chi connectivity index (χ4v) is 4.68. The minimum atomic E-state index is -0.234. The number of hydrogen-bond acceptors (Lipinski definition) is 4. The Kier molecular flexibility index (Phi) is 8.02. The molecule has 4 unspecified atom stereocenters. The van der Waals surface area contributed by atoms with E-state index in [0.717, 1.165) is 42.3 Å². The van der Waals surface area contributed by atoms with Gasteiger partial charge in [0.15, 0.2) is 0 Å². The van der Waals surface area contributed by atoms with E-state index in [-0.39, 0.29) is 38.2 Å². The standard InChI is InChI=1S/C13H8NO.C11H20O2.Ir/c1-2-7-12-10(5-1)9-13(15-12)11-6-3-4-8-14-11;12-9-6-2-1-4-8-5-3-7-10(13)11(8)9;/h1-8H;8-13H,1-7H2;/q-1;;. The Hall–Kier alpha value is -1.52. The third-order valence-corrected chi connectivity index (χ3v) is 6.08. The third kappa shape index (κ3) is 5.35. The van der Waals surface area contributed by atoms with E-state index in [0.29, 0.717) is 11.7 Å². The van der Waals surface area contributed by atoms with Crippen LogP contribution in [0.5, 0.6) is 0 Å². The molecule has 0 saturated heterocycles. The smallest absolute Gasteiger partial charge is 0.0595 e. The van der Waals surface area contributed by atoms with Gasteiger partial charge in [-0.05, 0) is 37.7 Å². The van der Waals surface area contributed by atoms with Gasteiger partial charge in [-0.1, -0.05) is 49.6 Å². The van der Waals surface area contributed by atoms with Crippen LogP contribution in [0.3, 0.4) is 0 Å². The molecule has 157 valence electrons. The molecule has 3 aromatic rings. The van der Waals surface area contributed by atoms with E-state index in [1.807, 2.05) is 42.5 Å². The van der Waals surface area contributed by atoms with Gasteiger partial charge >= 0.3 is 0 Å². The zero-order valence-electron chi connectivity index (χ0n) is 16.5. The number of furan rings is 1. The molecule has 0 amide bonds. The van der Waals surface area contributed by atoms with Gasteiger partial charge in [0, 0.05) is 43.5 Å². The number of aliphatic hydroxyl groups is 2. The van der Waals surface area contributed by atoms with Gasteiger partial charge in [-0.25, -0.2) is 0 Å². The predicted octanol–water partition coefficient (Wildman–Crippen LogP) is 4.99. The number of aliphatic hydroxyl groups excluding tert-OH is 2. The van der Waals surface area contributed by atoms with E-state index in [2.05, 4.69) is 11.1 Å². The summed E-state index contributed by atoms with van der Waals surface area (Å²) >= 11 is 0. The minimum Gasteiger partial charge on any atom is -0.518 e. The largest absolute Gasteiger partial charge is 0.518 e. The number of nitrogens with zero attached hydrogens (tertiary/aromatic N) is 1. The number of hydrogen-bond donors (Lipinski definition) is 2. The molecule has 1 radical (unpaired) electrons. The molecule has 29 heavy (non-hydrogen) atoms. The van der Waals surface area contributed by atoms with Crippen molar-refractivity contribution < 1.29 is 34.7 Å². The van der Waals surface area contributed by atoms with Crippen LogP contribution in [0.2, 0.25) is 0 Å². The average Bonchev–Trinajstić information content (AvgIpc) is 3.07. The molecular weight excluding hydrogens is 542 g/mol.